The second-order valence-electron chi connectivity index (χ2n) is 7.14. The molecular formula is C23H33N3O. The summed E-state index contributed by atoms with van der Waals surface area (Å²) in [5.41, 5.74) is 2.74. The molecule has 0 unspecified atom stereocenters. The third-order valence-corrected chi connectivity index (χ3v) is 5.16. The van der Waals surface area contributed by atoms with Crippen LogP contribution in [0.3, 0.4) is 0 Å². The third kappa shape index (κ3) is 7.07. The van der Waals surface area contributed by atoms with Crippen molar-refractivity contribution < 1.29 is 4.74 Å². The maximum absolute atomic E-state index is 5.39. The number of nitrogens with zero attached hydrogens (tertiary/aromatic N) is 1. The van der Waals surface area contributed by atoms with E-state index in [0.717, 1.165) is 52.5 Å². The van der Waals surface area contributed by atoms with Crippen molar-refractivity contribution in [2.24, 2.45) is 0 Å². The molecule has 146 valence electrons. The lowest BCUT2D eigenvalue weighted by Crippen LogP contribution is -2.38. The SMILES string of the molecule is c1ccc(C(CNCCNCCCN2CCOCC2)c2ccccc2)cc1. The van der Waals surface area contributed by atoms with E-state index in [2.05, 4.69) is 76.2 Å². The van der Waals surface area contributed by atoms with Gasteiger partial charge in [0.05, 0.1) is 13.2 Å². The summed E-state index contributed by atoms with van der Waals surface area (Å²) in [6.07, 6.45) is 1.21. The average Bonchev–Trinajstić information content (AvgIpc) is 2.75. The maximum Gasteiger partial charge on any atom is 0.0594 e. The molecular weight excluding hydrogens is 334 g/mol. The summed E-state index contributed by atoms with van der Waals surface area (Å²) in [5, 5.41) is 7.19. The molecule has 1 saturated heterocycles. The van der Waals surface area contributed by atoms with Crippen molar-refractivity contribution in [2.45, 2.75) is 12.3 Å². The normalized spacial score (nSPS) is 15.3. The molecule has 27 heavy (non-hydrogen) atoms. The molecule has 3 rings (SSSR count). The fourth-order valence-corrected chi connectivity index (χ4v) is 3.60. The summed E-state index contributed by atoms with van der Waals surface area (Å²) in [4.78, 5) is 2.49. The lowest BCUT2D eigenvalue weighted by Gasteiger charge is -2.26. The molecule has 0 spiro atoms. The molecule has 0 bridgehead atoms. The molecule has 1 heterocycles. The Bertz CT molecular complexity index is 575. The molecule has 2 aromatic rings. The Morgan fingerprint density at radius 2 is 1.37 bits per heavy atom. The molecule has 4 nitrogen and oxygen atoms in total. The fraction of sp³-hybridized carbons (Fsp3) is 0.478. The van der Waals surface area contributed by atoms with Crippen LogP contribution in [0.2, 0.25) is 0 Å². The Morgan fingerprint density at radius 3 is 2.00 bits per heavy atom. The average molecular weight is 368 g/mol. The quantitative estimate of drug-likeness (QED) is 0.599. The van der Waals surface area contributed by atoms with Crippen LogP contribution in [0.4, 0.5) is 0 Å². The molecule has 1 aliphatic heterocycles. The first-order valence-corrected chi connectivity index (χ1v) is 10.2. The van der Waals surface area contributed by atoms with Crippen molar-refractivity contribution in [3.05, 3.63) is 71.8 Å². The Kier molecular flexibility index (Phi) is 8.81. The number of benzene rings is 2. The number of nitrogens with one attached hydrogen (secondary N) is 2. The Labute approximate surface area is 163 Å². The Balaban J connectivity index is 1.33. The van der Waals surface area contributed by atoms with Crippen LogP contribution < -0.4 is 10.6 Å². The van der Waals surface area contributed by atoms with E-state index in [1.165, 1.54) is 24.1 Å². The molecule has 0 atom stereocenters. The van der Waals surface area contributed by atoms with Crippen LogP contribution in [0.25, 0.3) is 0 Å². The highest BCUT2D eigenvalue weighted by atomic mass is 16.5. The van der Waals surface area contributed by atoms with Gasteiger partial charge in [-0.05, 0) is 30.6 Å². The first-order valence-electron chi connectivity index (χ1n) is 10.2. The summed E-state index contributed by atoms with van der Waals surface area (Å²) in [5.74, 6) is 0.397. The van der Waals surface area contributed by atoms with Gasteiger partial charge in [0, 0.05) is 38.6 Å². The minimum atomic E-state index is 0.397. The first-order chi connectivity index (χ1) is 13.4. The third-order valence-electron chi connectivity index (χ3n) is 5.16. The summed E-state index contributed by atoms with van der Waals surface area (Å²) < 4.78 is 5.39. The zero-order valence-corrected chi connectivity index (χ0v) is 16.3. The summed E-state index contributed by atoms with van der Waals surface area (Å²) in [7, 11) is 0. The Hall–Kier alpha value is -1.72. The van der Waals surface area contributed by atoms with E-state index >= 15 is 0 Å². The van der Waals surface area contributed by atoms with Gasteiger partial charge in [-0.3, -0.25) is 4.90 Å². The lowest BCUT2D eigenvalue weighted by molar-refractivity contribution is 0.0375. The van der Waals surface area contributed by atoms with Crippen molar-refractivity contribution in [2.75, 3.05) is 59.0 Å². The molecule has 2 aromatic carbocycles. The van der Waals surface area contributed by atoms with Crippen molar-refractivity contribution in [3.8, 4) is 0 Å². The van der Waals surface area contributed by atoms with Gasteiger partial charge in [-0.25, -0.2) is 0 Å². The number of rotatable bonds is 11. The maximum atomic E-state index is 5.39. The predicted octanol–water partition coefficient (Wildman–Crippen LogP) is 2.72. The van der Waals surface area contributed by atoms with Crippen LogP contribution >= 0.6 is 0 Å². The van der Waals surface area contributed by atoms with Gasteiger partial charge in [-0.1, -0.05) is 60.7 Å². The summed E-state index contributed by atoms with van der Waals surface area (Å²) >= 11 is 0. The molecule has 0 aromatic heterocycles. The standard InChI is InChI=1S/C23H33N3O/c1-3-8-21(9-4-1)23(22-10-5-2-6-11-22)20-25-14-13-24-12-7-15-26-16-18-27-19-17-26/h1-6,8-11,23-25H,7,12-20H2. The van der Waals surface area contributed by atoms with Gasteiger partial charge in [0.15, 0.2) is 0 Å². The molecule has 1 fully saturated rings. The van der Waals surface area contributed by atoms with Crippen molar-refractivity contribution in [3.63, 3.8) is 0 Å². The molecule has 0 saturated carbocycles. The van der Waals surface area contributed by atoms with E-state index < -0.39 is 0 Å². The van der Waals surface area contributed by atoms with Gasteiger partial charge >= 0.3 is 0 Å². The van der Waals surface area contributed by atoms with E-state index in [1.807, 2.05) is 0 Å². The van der Waals surface area contributed by atoms with Gasteiger partial charge in [0.2, 0.25) is 0 Å². The topological polar surface area (TPSA) is 36.5 Å². The van der Waals surface area contributed by atoms with Crippen molar-refractivity contribution in [1.82, 2.24) is 15.5 Å². The minimum Gasteiger partial charge on any atom is -0.379 e. The molecule has 0 amide bonds. The van der Waals surface area contributed by atoms with Gasteiger partial charge in [0.1, 0.15) is 0 Å². The first kappa shape index (κ1) is 20.0. The lowest BCUT2D eigenvalue weighted by atomic mass is 9.91. The number of hydrogen-bond donors (Lipinski definition) is 2. The summed E-state index contributed by atoms with van der Waals surface area (Å²) in [6, 6.07) is 21.6. The monoisotopic (exact) mass is 367 g/mol. The van der Waals surface area contributed by atoms with Crippen LogP contribution in [0.1, 0.15) is 23.5 Å². The van der Waals surface area contributed by atoms with Gasteiger partial charge in [-0.15, -0.1) is 0 Å². The highest BCUT2D eigenvalue weighted by molar-refractivity contribution is 5.32. The second-order valence-corrected chi connectivity index (χ2v) is 7.14. The van der Waals surface area contributed by atoms with Gasteiger partial charge in [0.25, 0.3) is 0 Å². The van der Waals surface area contributed by atoms with Crippen molar-refractivity contribution >= 4 is 0 Å². The molecule has 0 radical (unpaired) electrons. The highest BCUT2D eigenvalue weighted by Crippen LogP contribution is 2.23. The molecule has 0 aliphatic carbocycles. The predicted molar refractivity (Wildman–Crippen MR) is 112 cm³/mol. The van der Waals surface area contributed by atoms with E-state index in [4.69, 9.17) is 4.74 Å². The Morgan fingerprint density at radius 1 is 0.778 bits per heavy atom. The molecule has 1 aliphatic rings. The van der Waals surface area contributed by atoms with E-state index in [-0.39, 0.29) is 0 Å². The zero-order valence-electron chi connectivity index (χ0n) is 16.3. The van der Waals surface area contributed by atoms with E-state index in [9.17, 15) is 0 Å². The van der Waals surface area contributed by atoms with Crippen LogP contribution in [0, 0.1) is 0 Å². The second kappa shape index (κ2) is 11.9. The number of hydrogen-bond acceptors (Lipinski definition) is 4. The zero-order chi connectivity index (χ0) is 18.6. The van der Waals surface area contributed by atoms with Crippen LogP contribution in [-0.2, 0) is 4.74 Å². The van der Waals surface area contributed by atoms with Gasteiger partial charge in [-0.2, -0.15) is 0 Å². The number of ether oxygens (including phenoxy) is 1. The highest BCUT2D eigenvalue weighted by Gasteiger charge is 2.13. The summed E-state index contributed by atoms with van der Waals surface area (Å²) in [6.45, 7) is 9.18. The molecule has 2 N–H and O–H groups in total. The van der Waals surface area contributed by atoms with Crippen LogP contribution in [-0.4, -0.2) is 63.9 Å². The fourth-order valence-electron chi connectivity index (χ4n) is 3.60. The largest absolute Gasteiger partial charge is 0.379 e. The van der Waals surface area contributed by atoms with E-state index in [1.54, 1.807) is 0 Å². The van der Waals surface area contributed by atoms with Crippen molar-refractivity contribution in [1.29, 1.82) is 0 Å². The van der Waals surface area contributed by atoms with Crippen LogP contribution in [0.15, 0.2) is 60.7 Å². The number of morpholine rings is 1. The van der Waals surface area contributed by atoms with Gasteiger partial charge < -0.3 is 15.4 Å². The van der Waals surface area contributed by atoms with E-state index in [0.29, 0.717) is 5.92 Å². The van der Waals surface area contributed by atoms with Crippen LogP contribution in [0.5, 0.6) is 0 Å². The smallest absolute Gasteiger partial charge is 0.0594 e. The molecule has 4 heteroatoms. The minimum absolute atomic E-state index is 0.397.